The van der Waals surface area contributed by atoms with Crippen LogP contribution in [0.3, 0.4) is 0 Å². The average Bonchev–Trinajstić information content (AvgIpc) is 2.75. The van der Waals surface area contributed by atoms with Crippen LogP contribution in [0, 0.1) is 12.3 Å². The minimum Gasteiger partial charge on any atom is -0.310 e. The van der Waals surface area contributed by atoms with Gasteiger partial charge in [0.15, 0.2) is 0 Å². The van der Waals surface area contributed by atoms with E-state index in [1.807, 2.05) is 13.8 Å². The van der Waals surface area contributed by atoms with Crippen LogP contribution in [0.1, 0.15) is 18.7 Å². The molecule has 0 aliphatic rings. The molecule has 0 amide bonds. The number of rotatable bonds is 6. The summed E-state index contributed by atoms with van der Waals surface area (Å²) in [4.78, 5) is 1.31. The van der Waals surface area contributed by atoms with E-state index in [-0.39, 0.29) is 6.54 Å². The summed E-state index contributed by atoms with van der Waals surface area (Å²) in [6.45, 7) is 4.85. The van der Waals surface area contributed by atoms with Crippen molar-refractivity contribution in [2.24, 2.45) is 0 Å². The molecule has 1 aromatic heterocycles. The lowest BCUT2D eigenvalue weighted by molar-refractivity contribution is 0.503. The minimum atomic E-state index is -3.45. The van der Waals surface area contributed by atoms with E-state index in [1.165, 1.54) is 22.7 Å². The Hall–Kier alpha value is -0.870. The Labute approximate surface area is 113 Å². The molecule has 0 aliphatic heterocycles. The summed E-state index contributed by atoms with van der Waals surface area (Å²) in [6.07, 6.45) is 5.13. The Morgan fingerprint density at radius 3 is 2.78 bits per heavy atom. The van der Waals surface area contributed by atoms with E-state index >= 15 is 0 Å². The van der Waals surface area contributed by atoms with E-state index in [0.29, 0.717) is 17.5 Å². The van der Waals surface area contributed by atoms with E-state index in [1.54, 1.807) is 11.4 Å². The van der Waals surface area contributed by atoms with Crippen molar-refractivity contribution < 1.29 is 8.42 Å². The van der Waals surface area contributed by atoms with Gasteiger partial charge >= 0.3 is 0 Å². The van der Waals surface area contributed by atoms with Crippen molar-refractivity contribution in [2.75, 3.05) is 13.6 Å². The summed E-state index contributed by atoms with van der Waals surface area (Å²) in [6, 6.07) is 2.07. The molecule has 1 rings (SSSR count). The van der Waals surface area contributed by atoms with E-state index in [4.69, 9.17) is 6.42 Å². The Morgan fingerprint density at radius 2 is 2.22 bits per heavy atom. The molecular weight excluding hydrogens is 268 g/mol. The molecule has 4 nitrogen and oxygen atoms in total. The first-order valence-electron chi connectivity index (χ1n) is 5.58. The summed E-state index contributed by atoms with van der Waals surface area (Å²) in [5.41, 5.74) is 0. The van der Waals surface area contributed by atoms with Gasteiger partial charge in [0.05, 0.1) is 11.4 Å². The Morgan fingerprint density at radius 1 is 1.56 bits per heavy atom. The standard InChI is InChI=1S/C12H18N2O2S2/c1-5-6-14(4)18(15,16)12-7-11(17-9-12)8-13-10(2)3/h1,7,9-10,13H,6,8H2,2-4H3. The molecule has 6 heteroatoms. The van der Waals surface area contributed by atoms with Crippen LogP contribution < -0.4 is 5.32 Å². The van der Waals surface area contributed by atoms with Gasteiger partial charge in [0.2, 0.25) is 10.0 Å². The molecule has 0 aliphatic carbocycles. The molecule has 100 valence electrons. The number of sulfonamides is 1. The lowest BCUT2D eigenvalue weighted by atomic mass is 10.4. The lowest BCUT2D eigenvalue weighted by Crippen LogP contribution is -2.26. The second-order valence-electron chi connectivity index (χ2n) is 4.25. The third kappa shape index (κ3) is 3.82. The van der Waals surface area contributed by atoms with Crippen molar-refractivity contribution in [2.45, 2.75) is 31.3 Å². The summed E-state index contributed by atoms with van der Waals surface area (Å²) in [5, 5.41) is 4.90. The third-order valence-corrected chi connectivity index (χ3v) is 5.20. The van der Waals surface area contributed by atoms with E-state index in [2.05, 4.69) is 11.2 Å². The molecule has 0 atom stereocenters. The number of hydrogen-bond acceptors (Lipinski definition) is 4. The normalized spacial score (nSPS) is 12.0. The zero-order valence-corrected chi connectivity index (χ0v) is 12.4. The molecule has 0 saturated carbocycles. The van der Waals surface area contributed by atoms with Crippen molar-refractivity contribution in [3.63, 3.8) is 0 Å². The maximum Gasteiger partial charge on any atom is 0.244 e. The molecule has 1 N–H and O–H groups in total. The maximum atomic E-state index is 12.1. The fraction of sp³-hybridized carbons (Fsp3) is 0.500. The molecule has 0 unspecified atom stereocenters. The highest BCUT2D eigenvalue weighted by Crippen LogP contribution is 2.21. The maximum absolute atomic E-state index is 12.1. The van der Waals surface area contributed by atoms with Gasteiger partial charge in [-0.3, -0.25) is 0 Å². The molecule has 0 spiro atoms. The van der Waals surface area contributed by atoms with Gasteiger partial charge in [-0.15, -0.1) is 17.8 Å². The summed E-state index contributed by atoms with van der Waals surface area (Å²) in [5.74, 6) is 2.33. The zero-order chi connectivity index (χ0) is 13.8. The van der Waals surface area contributed by atoms with Crippen molar-refractivity contribution in [1.82, 2.24) is 9.62 Å². The molecular formula is C12H18N2O2S2. The average molecular weight is 286 g/mol. The molecule has 0 saturated heterocycles. The van der Waals surface area contributed by atoms with Gasteiger partial charge in [0.1, 0.15) is 0 Å². The van der Waals surface area contributed by atoms with Crippen LogP contribution in [0.25, 0.3) is 0 Å². The van der Waals surface area contributed by atoms with Crippen molar-refractivity contribution in [1.29, 1.82) is 0 Å². The second kappa shape index (κ2) is 6.34. The number of thiophene rings is 1. The van der Waals surface area contributed by atoms with Crippen LogP contribution in [0.5, 0.6) is 0 Å². The lowest BCUT2D eigenvalue weighted by Gasteiger charge is -2.12. The molecule has 0 fully saturated rings. The monoisotopic (exact) mass is 286 g/mol. The van der Waals surface area contributed by atoms with Gasteiger partial charge in [-0.05, 0) is 6.07 Å². The number of terminal acetylenes is 1. The summed E-state index contributed by atoms with van der Waals surface area (Å²) >= 11 is 1.43. The first kappa shape index (κ1) is 15.2. The quantitative estimate of drug-likeness (QED) is 0.806. The topological polar surface area (TPSA) is 49.4 Å². The van der Waals surface area contributed by atoms with Gasteiger partial charge < -0.3 is 5.32 Å². The predicted octanol–water partition coefficient (Wildman–Crippen LogP) is 1.50. The number of nitrogens with zero attached hydrogens (tertiary/aromatic N) is 1. The fourth-order valence-electron chi connectivity index (χ4n) is 1.29. The van der Waals surface area contributed by atoms with Crippen LogP contribution in [-0.4, -0.2) is 32.4 Å². The largest absolute Gasteiger partial charge is 0.310 e. The van der Waals surface area contributed by atoms with Crippen molar-refractivity contribution >= 4 is 21.4 Å². The number of nitrogens with one attached hydrogen (secondary N) is 1. The van der Waals surface area contributed by atoms with Crippen LogP contribution in [-0.2, 0) is 16.6 Å². The zero-order valence-electron chi connectivity index (χ0n) is 10.8. The minimum absolute atomic E-state index is 0.0811. The van der Waals surface area contributed by atoms with Gasteiger partial charge in [-0.2, -0.15) is 4.31 Å². The SMILES string of the molecule is C#CCN(C)S(=O)(=O)c1csc(CNC(C)C)c1. The van der Waals surface area contributed by atoms with Crippen molar-refractivity contribution in [3.05, 3.63) is 16.3 Å². The fourth-order valence-corrected chi connectivity index (χ4v) is 3.58. The van der Waals surface area contributed by atoms with Crippen LogP contribution >= 0.6 is 11.3 Å². The van der Waals surface area contributed by atoms with E-state index < -0.39 is 10.0 Å². The second-order valence-corrected chi connectivity index (χ2v) is 7.29. The summed E-state index contributed by atoms with van der Waals surface area (Å²) < 4.78 is 25.4. The first-order chi connectivity index (χ1) is 8.37. The Kier molecular flexibility index (Phi) is 5.35. The smallest absolute Gasteiger partial charge is 0.244 e. The van der Waals surface area contributed by atoms with E-state index in [0.717, 1.165) is 4.88 Å². The summed E-state index contributed by atoms with van der Waals surface area (Å²) in [7, 11) is -1.96. The highest BCUT2D eigenvalue weighted by Gasteiger charge is 2.21. The third-order valence-electron chi connectivity index (χ3n) is 2.34. The van der Waals surface area contributed by atoms with Gasteiger partial charge in [-0.1, -0.05) is 19.8 Å². The van der Waals surface area contributed by atoms with E-state index in [9.17, 15) is 8.42 Å². The molecule has 0 aromatic carbocycles. The molecule has 0 bridgehead atoms. The van der Waals surface area contributed by atoms with Gasteiger partial charge in [0, 0.05) is 29.9 Å². The Balaban J connectivity index is 2.82. The highest BCUT2D eigenvalue weighted by atomic mass is 32.2. The van der Waals surface area contributed by atoms with Crippen molar-refractivity contribution in [3.8, 4) is 12.3 Å². The van der Waals surface area contributed by atoms with Crippen LogP contribution in [0.4, 0.5) is 0 Å². The van der Waals surface area contributed by atoms with Crippen LogP contribution in [0.15, 0.2) is 16.3 Å². The predicted molar refractivity (Wildman–Crippen MR) is 74.9 cm³/mol. The van der Waals surface area contributed by atoms with Crippen LogP contribution in [0.2, 0.25) is 0 Å². The molecule has 1 heterocycles. The van der Waals surface area contributed by atoms with Gasteiger partial charge in [-0.25, -0.2) is 8.42 Å². The first-order valence-corrected chi connectivity index (χ1v) is 7.90. The molecule has 1 aromatic rings. The molecule has 0 radical (unpaired) electrons. The Bertz CT molecular complexity index is 527. The highest BCUT2D eigenvalue weighted by molar-refractivity contribution is 7.89. The number of hydrogen-bond donors (Lipinski definition) is 1. The molecule has 18 heavy (non-hydrogen) atoms. The van der Waals surface area contributed by atoms with Gasteiger partial charge in [0.25, 0.3) is 0 Å².